The summed E-state index contributed by atoms with van der Waals surface area (Å²) in [6.07, 6.45) is 0. The lowest BCUT2D eigenvalue weighted by Crippen LogP contribution is -2.28. The summed E-state index contributed by atoms with van der Waals surface area (Å²) in [5.74, 6) is -1.06. The van der Waals surface area contributed by atoms with Gasteiger partial charge in [-0.2, -0.15) is 0 Å². The number of carbonyl (C=O) groups is 2. The molecule has 1 atom stereocenters. The van der Waals surface area contributed by atoms with E-state index in [1.165, 1.54) is 35.5 Å². The Balaban J connectivity index is 1.86. The molecule has 1 aliphatic rings. The first-order valence-corrected chi connectivity index (χ1v) is 11.5. The molecule has 0 radical (unpaired) electrons. The number of nitrogens with zero attached hydrogens (tertiary/aromatic N) is 1. The minimum Gasteiger partial charge on any atom is -0.507 e. The molecule has 1 saturated heterocycles. The second-order valence-corrected chi connectivity index (χ2v) is 9.08. The molecule has 170 valence electrons. The number of Topliss-reactive ketones (excluding diaryl/α,β-unsaturated/α-hetero) is 1. The molecule has 0 spiro atoms. The molecule has 6 nitrogen and oxygen atoms in total. The molecule has 1 amide bonds. The zero-order valence-electron chi connectivity index (χ0n) is 17.7. The third-order valence-electron chi connectivity index (χ3n) is 5.33. The highest BCUT2D eigenvalue weighted by molar-refractivity contribution is 7.10. The van der Waals surface area contributed by atoms with Crippen molar-refractivity contribution in [2.24, 2.45) is 0 Å². The third kappa shape index (κ3) is 4.31. The van der Waals surface area contributed by atoms with E-state index in [1.807, 2.05) is 29.6 Å². The topological polar surface area (TPSA) is 76.1 Å². The summed E-state index contributed by atoms with van der Waals surface area (Å²) >= 11 is 13.8. The van der Waals surface area contributed by atoms with Gasteiger partial charge in [-0.25, -0.2) is 0 Å². The lowest BCUT2D eigenvalue weighted by molar-refractivity contribution is -0.140. The molecule has 1 aliphatic heterocycles. The first-order valence-electron chi connectivity index (χ1n) is 9.83. The summed E-state index contributed by atoms with van der Waals surface area (Å²) < 4.78 is 10.5. The van der Waals surface area contributed by atoms with Crippen LogP contribution < -0.4 is 9.47 Å². The Morgan fingerprint density at radius 2 is 1.82 bits per heavy atom. The lowest BCUT2D eigenvalue weighted by atomic mass is 9.99. The van der Waals surface area contributed by atoms with Gasteiger partial charge in [-0.15, -0.1) is 11.3 Å². The summed E-state index contributed by atoms with van der Waals surface area (Å²) in [5, 5.41) is 13.5. The molecule has 0 aliphatic carbocycles. The molecule has 3 aromatic rings. The highest BCUT2D eigenvalue weighted by atomic mass is 35.5. The standard InChI is InChI=1S/C24H19Cl2NO5S/c1-31-15-7-5-13(6-8-15)12-27-20(18-4-3-9-33-18)19(22(29)24(27)30)21(28)16-10-14(25)11-17(26)23(16)32-2/h3-11,20,28H,12H2,1-2H3/b21-19-. The molecular formula is C24H19Cl2NO5S. The molecule has 1 aromatic heterocycles. The number of thiophene rings is 1. The predicted molar refractivity (Wildman–Crippen MR) is 128 cm³/mol. The van der Waals surface area contributed by atoms with Crippen molar-refractivity contribution >= 4 is 52.0 Å². The summed E-state index contributed by atoms with van der Waals surface area (Å²) in [6.45, 7) is 0.168. The van der Waals surface area contributed by atoms with Crippen LogP contribution in [0.1, 0.15) is 22.0 Å². The second-order valence-electron chi connectivity index (χ2n) is 7.26. The van der Waals surface area contributed by atoms with E-state index in [9.17, 15) is 14.7 Å². The Morgan fingerprint density at radius 1 is 1.09 bits per heavy atom. The predicted octanol–water partition coefficient (Wildman–Crippen LogP) is 5.69. The Labute approximate surface area is 204 Å². The fourth-order valence-corrected chi connectivity index (χ4v) is 5.22. The van der Waals surface area contributed by atoms with E-state index in [2.05, 4.69) is 0 Å². The number of likely N-dealkylation sites (tertiary alicyclic amines) is 1. The summed E-state index contributed by atoms with van der Waals surface area (Å²) in [5.41, 5.74) is 0.897. The van der Waals surface area contributed by atoms with Crippen LogP contribution in [0.15, 0.2) is 59.5 Å². The molecule has 0 bridgehead atoms. The summed E-state index contributed by atoms with van der Waals surface area (Å²) in [6, 6.07) is 13.0. The van der Waals surface area contributed by atoms with Crippen LogP contribution in [0.4, 0.5) is 0 Å². The van der Waals surface area contributed by atoms with Gasteiger partial charge in [0.25, 0.3) is 11.7 Å². The third-order valence-corrected chi connectivity index (χ3v) is 6.76. The maximum atomic E-state index is 13.2. The number of methoxy groups -OCH3 is 2. The van der Waals surface area contributed by atoms with Crippen LogP contribution in [0.3, 0.4) is 0 Å². The van der Waals surface area contributed by atoms with Gasteiger partial charge in [0.15, 0.2) is 0 Å². The van der Waals surface area contributed by atoms with Crippen molar-refractivity contribution in [3.05, 3.63) is 85.5 Å². The highest BCUT2D eigenvalue weighted by Crippen LogP contribution is 2.44. The number of hydrogen-bond acceptors (Lipinski definition) is 6. The van der Waals surface area contributed by atoms with Gasteiger partial charge in [0.2, 0.25) is 0 Å². The van der Waals surface area contributed by atoms with E-state index in [-0.39, 0.29) is 33.5 Å². The highest BCUT2D eigenvalue weighted by Gasteiger charge is 2.46. The van der Waals surface area contributed by atoms with Gasteiger partial charge in [-0.1, -0.05) is 41.4 Å². The van der Waals surface area contributed by atoms with E-state index >= 15 is 0 Å². The van der Waals surface area contributed by atoms with Crippen LogP contribution in [-0.2, 0) is 16.1 Å². The van der Waals surface area contributed by atoms with E-state index in [1.54, 1.807) is 19.2 Å². The van der Waals surface area contributed by atoms with Crippen LogP contribution in [-0.4, -0.2) is 35.9 Å². The van der Waals surface area contributed by atoms with Crippen molar-refractivity contribution < 1.29 is 24.2 Å². The number of ketones is 1. The molecule has 0 saturated carbocycles. The zero-order chi connectivity index (χ0) is 23.7. The number of rotatable bonds is 6. The molecule has 1 N–H and O–H groups in total. The Morgan fingerprint density at radius 3 is 2.42 bits per heavy atom. The van der Waals surface area contributed by atoms with Gasteiger partial charge >= 0.3 is 0 Å². The van der Waals surface area contributed by atoms with Gasteiger partial charge < -0.3 is 19.5 Å². The van der Waals surface area contributed by atoms with Crippen LogP contribution in [0.2, 0.25) is 10.0 Å². The Hall–Kier alpha value is -3.00. The van der Waals surface area contributed by atoms with E-state index in [0.29, 0.717) is 5.75 Å². The monoisotopic (exact) mass is 503 g/mol. The number of carbonyl (C=O) groups excluding carboxylic acids is 2. The Bertz CT molecular complexity index is 1240. The largest absolute Gasteiger partial charge is 0.507 e. The number of aliphatic hydroxyl groups is 1. The van der Waals surface area contributed by atoms with Crippen molar-refractivity contribution in [3.63, 3.8) is 0 Å². The van der Waals surface area contributed by atoms with Crippen LogP contribution in [0.25, 0.3) is 5.76 Å². The molecule has 1 fully saturated rings. The van der Waals surface area contributed by atoms with Gasteiger partial charge in [0.1, 0.15) is 17.3 Å². The summed E-state index contributed by atoms with van der Waals surface area (Å²) in [7, 11) is 2.96. The van der Waals surface area contributed by atoms with Crippen LogP contribution in [0.5, 0.6) is 11.5 Å². The number of aliphatic hydroxyl groups excluding tert-OH is 1. The number of hydrogen-bond donors (Lipinski definition) is 1. The number of ether oxygens (including phenoxy) is 2. The fraction of sp³-hybridized carbons (Fsp3) is 0.167. The molecule has 9 heteroatoms. The number of benzene rings is 2. The lowest BCUT2D eigenvalue weighted by Gasteiger charge is -2.24. The normalized spacial score (nSPS) is 17.5. The second kappa shape index (κ2) is 9.47. The van der Waals surface area contributed by atoms with Gasteiger partial charge in [-0.3, -0.25) is 9.59 Å². The van der Waals surface area contributed by atoms with Crippen molar-refractivity contribution in [3.8, 4) is 11.5 Å². The minimum atomic E-state index is -0.794. The van der Waals surface area contributed by atoms with E-state index in [0.717, 1.165) is 10.4 Å². The Kier molecular flexibility index (Phi) is 6.65. The first-order chi connectivity index (χ1) is 15.8. The quantitative estimate of drug-likeness (QED) is 0.265. The van der Waals surface area contributed by atoms with Crippen LogP contribution in [0, 0.1) is 0 Å². The minimum absolute atomic E-state index is 0.0485. The average Bonchev–Trinajstić information content (AvgIpc) is 3.41. The molecule has 2 aromatic carbocycles. The van der Waals surface area contributed by atoms with Gasteiger partial charge in [0.05, 0.1) is 36.4 Å². The molecule has 33 heavy (non-hydrogen) atoms. The average molecular weight is 504 g/mol. The van der Waals surface area contributed by atoms with Crippen molar-refractivity contribution in [2.75, 3.05) is 14.2 Å². The van der Waals surface area contributed by atoms with Crippen molar-refractivity contribution in [2.45, 2.75) is 12.6 Å². The fourth-order valence-electron chi connectivity index (χ4n) is 3.80. The maximum Gasteiger partial charge on any atom is 0.295 e. The number of amides is 1. The van der Waals surface area contributed by atoms with Crippen LogP contribution >= 0.6 is 34.5 Å². The van der Waals surface area contributed by atoms with E-state index < -0.39 is 23.5 Å². The SMILES string of the molecule is COc1ccc(CN2C(=O)C(=O)/C(=C(\O)c3cc(Cl)cc(Cl)c3OC)C2c2cccs2)cc1. The molecule has 2 heterocycles. The smallest absolute Gasteiger partial charge is 0.295 e. The van der Waals surface area contributed by atoms with Gasteiger partial charge in [-0.05, 0) is 41.3 Å². The van der Waals surface area contributed by atoms with Crippen molar-refractivity contribution in [1.29, 1.82) is 0 Å². The molecule has 4 rings (SSSR count). The molecular weight excluding hydrogens is 485 g/mol. The molecule has 1 unspecified atom stereocenters. The number of halogens is 2. The summed E-state index contributed by atoms with van der Waals surface area (Å²) in [4.78, 5) is 28.4. The van der Waals surface area contributed by atoms with Gasteiger partial charge in [0, 0.05) is 16.4 Å². The van der Waals surface area contributed by atoms with Crippen molar-refractivity contribution in [1.82, 2.24) is 4.90 Å². The zero-order valence-corrected chi connectivity index (χ0v) is 20.0. The first kappa shape index (κ1) is 23.2. The van der Waals surface area contributed by atoms with E-state index in [4.69, 9.17) is 32.7 Å². The maximum absolute atomic E-state index is 13.2.